The van der Waals surface area contributed by atoms with Crippen molar-refractivity contribution in [2.24, 2.45) is 4.99 Å². The van der Waals surface area contributed by atoms with E-state index < -0.39 is 0 Å². The van der Waals surface area contributed by atoms with Gasteiger partial charge in [0.2, 0.25) is 5.91 Å². The SMILES string of the molecule is CC(=O)Nc1ccccc1C(=S)N=C(C)N(C)C. The van der Waals surface area contributed by atoms with E-state index in [1.54, 1.807) is 0 Å². The molecule has 1 amide bonds. The number of anilines is 1. The van der Waals surface area contributed by atoms with E-state index in [4.69, 9.17) is 12.2 Å². The third-order valence-electron chi connectivity index (χ3n) is 2.38. The molecule has 0 aromatic heterocycles. The first kappa shape index (κ1) is 14.3. The van der Waals surface area contributed by atoms with E-state index in [2.05, 4.69) is 10.3 Å². The zero-order chi connectivity index (χ0) is 13.7. The number of aliphatic imine (C=N–C) groups is 1. The minimum atomic E-state index is -0.126. The maximum Gasteiger partial charge on any atom is 0.221 e. The second kappa shape index (κ2) is 6.26. The van der Waals surface area contributed by atoms with Gasteiger partial charge in [-0.05, 0) is 19.1 Å². The van der Waals surface area contributed by atoms with Crippen LogP contribution in [0.4, 0.5) is 5.69 Å². The molecule has 1 rings (SSSR count). The summed E-state index contributed by atoms with van der Waals surface area (Å²) in [5.74, 6) is 0.691. The first-order valence-corrected chi connectivity index (χ1v) is 5.96. The molecule has 0 unspecified atom stereocenters. The van der Waals surface area contributed by atoms with Gasteiger partial charge in [-0.2, -0.15) is 0 Å². The molecule has 0 heterocycles. The fourth-order valence-corrected chi connectivity index (χ4v) is 1.59. The molecule has 1 N–H and O–H groups in total. The largest absolute Gasteiger partial charge is 0.366 e. The second-order valence-corrected chi connectivity index (χ2v) is 4.47. The summed E-state index contributed by atoms with van der Waals surface area (Å²) in [5.41, 5.74) is 1.44. The number of rotatable bonds is 2. The Morgan fingerprint density at radius 3 is 2.44 bits per heavy atom. The van der Waals surface area contributed by atoms with Crippen LogP contribution < -0.4 is 5.32 Å². The molecule has 0 atom stereocenters. The molecular formula is C13H17N3OS. The Labute approximate surface area is 113 Å². The lowest BCUT2D eigenvalue weighted by Gasteiger charge is -2.13. The molecule has 96 valence electrons. The molecule has 0 fully saturated rings. The Balaban J connectivity index is 3.06. The van der Waals surface area contributed by atoms with Gasteiger partial charge < -0.3 is 10.2 Å². The Hall–Kier alpha value is -1.75. The summed E-state index contributed by atoms with van der Waals surface area (Å²) in [7, 11) is 3.81. The topological polar surface area (TPSA) is 44.7 Å². The predicted octanol–water partition coefficient (Wildman–Crippen LogP) is 2.30. The fourth-order valence-electron chi connectivity index (χ4n) is 1.28. The minimum absolute atomic E-state index is 0.126. The van der Waals surface area contributed by atoms with Crippen molar-refractivity contribution >= 4 is 34.6 Å². The highest BCUT2D eigenvalue weighted by Crippen LogP contribution is 2.17. The van der Waals surface area contributed by atoms with Crippen LogP contribution >= 0.6 is 12.2 Å². The number of carbonyl (C=O) groups excluding carboxylic acids is 1. The molecule has 4 nitrogen and oxygen atoms in total. The monoisotopic (exact) mass is 263 g/mol. The van der Waals surface area contributed by atoms with Crippen LogP contribution in [0.5, 0.6) is 0 Å². The lowest BCUT2D eigenvalue weighted by molar-refractivity contribution is -0.114. The Bertz CT molecular complexity index is 495. The van der Waals surface area contributed by atoms with Crippen LogP contribution in [0.2, 0.25) is 0 Å². The lowest BCUT2D eigenvalue weighted by atomic mass is 10.1. The minimum Gasteiger partial charge on any atom is -0.366 e. The molecule has 1 aromatic carbocycles. The molecule has 5 heteroatoms. The fraction of sp³-hybridized carbons (Fsp3) is 0.308. The third kappa shape index (κ3) is 3.92. The number of nitrogens with one attached hydrogen (secondary N) is 1. The quantitative estimate of drug-likeness (QED) is 0.506. The molecule has 1 aromatic rings. The highest BCUT2D eigenvalue weighted by atomic mass is 32.1. The molecule has 0 saturated carbocycles. The number of benzene rings is 1. The van der Waals surface area contributed by atoms with Crippen molar-refractivity contribution in [3.8, 4) is 0 Å². The number of thiocarbonyl (C=S) groups is 1. The number of para-hydroxylation sites is 1. The molecule has 0 aliphatic rings. The van der Waals surface area contributed by atoms with Gasteiger partial charge in [-0.3, -0.25) is 4.79 Å². The van der Waals surface area contributed by atoms with E-state index >= 15 is 0 Å². The van der Waals surface area contributed by atoms with Crippen molar-refractivity contribution in [2.45, 2.75) is 13.8 Å². The molecule has 18 heavy (non-hydrogen) atoms. The Morgan fingerprint density at radius 2 is 1.89 bits per heavy atom. The average molecular weight is 263 g/mol. The van der Waals surface area contributed by atoms with Crippen molar-refractivity contribution in [1.29, 1.82) is 0 Å². The molecule has 0 spiro atoms. The van der Waals surface area contributed by atoms with Gasteiger partial charge in [0.1, 0.15) is 10.8 Å². The molecular weight excluding hydrogens is 246 g/mol. The number of hydrogen-bond acceptors (Lipinski definition) is 2. The van der Waals surface area contributed by atoms with E-state index in [-0.39, 0.29) is 5.91 Å². The lowest BCUT2D eigenvalue weighted by Crippen LogP contribution is -2.20. The number of carbonyl (C=O) groups is 1. The van der Waals surface area contributed by atoms with E-state index in [9.17, 15) is 4.79 Å². The smallest absolute Gasteiger partial charge is 0.221 e. The molecule has 0 aliphatic carbocycles. The molecule has 0 aliphatic heterocycles. The van der Waals surface area contributed by atoms with Crippen LogP contribution in [0.3, 0.4) is 0 Å². The first-order chi connectivity index (χ1) is 8.41. The van der Waals surface area contributed by atoms with E-state index in [0.29, 0.717) is 10.7 Å². The zero-order valence-corrected chi connectivity index (χ0v) is 11.8. The molecule has 0 saturated heterocycles. The zero-order valence-electron chi connectivity index (χ0n) is 11.0. The van der Waals surface area contributed by atoms with Crippen LogP contribution in [0.15, 0.2) is 29.3 Å². The van der Waals surface area contributed by atoms with Crippen LogP contribution in [-0.2, 0) is 4.79 Å². The van der Waals surface area contributed by atoms with Crippen molar-refractivity contribution in [2.75, 3.05) is 19.4 Å². The number of hydrogen-bond donors (Lipinski definition) is 1. The standard InChI is InChI=1S/C13H17N3OS/c1-9(16(3)4)14-13(18)11-7-5-6-8-12(11)15-10(2)17/h5-8H,1-4H3,(H,15,17). The summed E-state index contributed by atoms with van der Waals surface area (Å²) in [6, 6.07) is 7.37. The van der Waals surface area contributed by atoms with Crippen LogP contribution in [0.25, 0.3) is 0 Å². The van der Waals surface area contributed by atoms with Gasteiger partial charge in [0, 0.05) is 26.6 Å². The van der Waals surface area contributed by atoms with Gasteiger partial charge in [-0.15, -0.1) is 0 Å². The number of nitrogens with zero attached hydrogens (tertiary/aromatic N) is 2. The van der Waals surface area contributed by atoms with Crippen molar-refractivity contribution in [1.82, 2.24) is 4.90 Å². The van der Waals surface area contributed by atoms with Gasteiger partial charge in [0.25, 0.3) is 0 Å². The Morgan fingerprint density at radius 1 is 1.28 bits per heavy atom. The van der Waals surface area contributed by atoms with Crippen molar-refractivity contribution < 1.29 is 4.79 Å². The third-order valence-corrected chi connectivity index (χ3v) is 2.69. The maximum absolute atomic E-state index is 11.1. The van der Waals surface area contributed by atoms with Crippen molar-refractivity contribution in [3.63, 3.8) is 0 Å². The van der Waals surface area contributed by atoms with E-state index in [1.165, 1.54) is 6.92 Å². The summed E-state index contributed by atoms with van der Waals surface area (Å²) in [6.07, 6.45) is 0. The highest BCUT2D eigenvalue weighted by molar-refractivity contribution is 7.80. The summed E-state index contributed by atoms with van der Waals surface area (Å²) in [6.45, 7) is 3.35. The summed E-state index contributed by atoms with van der Waals surface area (Å²) in [4.78, 5) is 17.8. The van der Waals surface area contributed by atoms with E-state index in [0.717, 1.165) is 11.4 Å². The van der Waals surface area contributed by atoms with Crippen LogP contribution in [0, 0.1) is 0 Å². The van der Waals surface area contributed by atoms with E-state index in [1.807, 2.05) is 50.2 Å². The summed E-state index contributed by atoms with van der Waals surface area (Å²) < 4.78 is 0. The van der Waals surface area contributed by atoms with Gasteiger partial charge in [-0.25, -0.2) is 4.99 Å². The molecule has 0 bridgehead atoms. The Kier molecular flexibility index (Phi) is 4.97. The normalized spacial score (nSPS) is 11.0. The van der Waals surface area contributed by atoms with Gasteiger partial charge in [0.15, 0.2) is 0 Å². The van der Waals surface area contributed by atoms with Crippen molar-refractivity contribution in [3.05, 3.63) is 29.8 Å². The molecule has 0 radical (unpaired) electrons. The predicted molar refractivity (Wildman–Crippen MR) is 79.2 cm³/mol. The van der Waals surface area contributed by atoms with Gasteiger partial charge in [0.05, 0.1) is 5.69 Å². The second-order valence-electron chi connectivity index (χ2n) is 4.09. The summed E-state index contributed by atoms with van der Waals surface area (Å²) >= 11 is 5.29. The number of amidine groups is 1. The van der Waals surface area contributed by atoms with Crippen LogP contribution in [0.1, 0.15) is 19.4 Å². The van der Waals surface area contributed by atoms with Gasteiger partial charge >= 0.3 is 0 Å². The first-order valence-electron chi connectivity index (χ1n) is 5.55. The summed E-state index contributed by atoms with van der Waals surface area (Å²) in [5, 5.41) is 2.75. The van der Waals surface area contributed by atoms with Crippen LogP contribution in [-0.4, -0.2) is 35.7 Å². The highest BCUT2D eigenvalue weighted by Gasteiger charge is 2.08. The number of amides is 1. The van der Waals surface area contributed by atoms with Gasteiger partial charge in [-0.1, -0.05) is 24.4 Å². The maximum atomic E-state index is 11.1. The average Bonchev–Trinajstić information content (AvgIpc) is 2.28.